The number of nitrogens with two attached hydrogens (primary N) is 1. The van der Waals surface area contributed by atoms with Crippen molar-refractivity contribution in [2.24, 2.45) is 22.6 Å². The molecule has 1 saturated heterocycles. The van der Waals surface area contributed by atoms with Crippen LogP contribution < -0.4 is 21.9 Å². The lowest BCUT2D eigenvalue weighted by molar-refractivity contribution is -0.121. The van der Waals surface area contributed by atoms with Gasteiger partial charge in [-0.25, -0.2) is 10.9 Å². The Hall–Kier alpha value is -1.09. The number of fused-ring (bicyclic) bond motifs is 3. The Kier molecular flexibility index (Phi) is 24.8. The van der Waals surface area contributed by atoms with E-state index < -0.39 is 0 Å². The molecule has 2 saturated carbocycles. The van der Waals surface area contributed by atoms with Crippen LogP contribution in [0.5, 0.6) is 0 Å². The minimum absolute atomic E-state index is 0.0282. The lowest BCUT2D eigenvalue weighted by Gasteiger charge is -2.44. The molecule has 3 fully saturated rings. The zero-order valence-electron chi connectivity index (χ0n) is 34.1. The van der Waals surface area contributed by atoms with Crippen molar-refractivity contribution in [3.05, 3.63) is 0 Å². The summed E-state index contributed by atoms with van der Waals surface area (Å²) in [6.07, 6.45) is 7.70. The van der Waals surface area contributed by atoms with Crippen LogP contribution in [0.1, 0.15) is 65.2 Å². The average Bonchev–Trinajstić information content (AvgIpc) is 3.52. The van der Waals surface area contributed by atoms with Crippen LogP contribution in [0.4, 0.5) is 0 Å². The van der Waals surface area contributed by atoms with Crippen LogP contribution in [0.3, 0.4) is 0 Å². The fourth-order valence-corrected chi connectivity index (χ4v) is 8.31. The second kappa shape index (κ2) is 29.2. The fourth-order valence-electron chi connectivity index (χ4n) is 8.06. The summed E-state index contributed by atoms with van der Waals surface area (Å²) in [5.41, 5.74) is 13.6. The van der Waals surface area contributed by atoms with Crippen LogP contribution >= 0.6 is 11.6 Å². The SMILES string of the molecule is CCNC(=O)C[C@@H]1N=C(C2CCC(Cl)CC2)C2CC(OCCOCCOCCOCCOCCOCCOCCOCCOCCN)CCC2N2C(C)NNC12. The van der Waals surface area contributed by atoms with Gasteiger partial charge in [-0.05, 0) is 64.7 Å². The normalized spacial score (nSPS) is 28.1. The number of aliphatic imine (C=N–C) groups is 1. The number of hydrogen-bond donors (Lipinski definition) is 4. The Morgan fingerprint density at radius 1 is 0.732 bits per heavy atom. The summed E-state index contributed by atoms with van der Waals surface area (Å²) in [5.74, 6) is 0.727. The monoisotopic (exact) mass is 821 g/mol. The third-order valence-corrected chi connectivity index (χ3v) is 11.1. The molecule has 6 atom stereocenters. The zero-order chi connectivity index (χ0) is 39.6. The maximum atomic E-state index is 12.8. The second-order valence-corrected chi connectivity index (χ2v) is 15.4. The van der Waals surface area contributed by atoms with Crippen molar-refractivity contribution < 1.29 is 47.4 Å². The highest BCUT2D eigenvalue weighted by Crippen LogP contribution is 2.42. The van der Waals surface area contributed by atoms with Gasteiger partial charge in [0.1, 0.15) is 0 Å². The second-order valence-electron chi connectivity index (χ2n) is 14.8. The average molecular weight is 821 g/mol. The van der Waals surface area contributed by atoms with E-state index in [1.165, 1.54) is 5.71 Å². The molecule has 2 heterocycles. The first-order chi connectivity index (χ1) is 27.5. The summed E-state index contributed by atoms with van der Waals surface area (Å²) in [6, 6.07) is 0.174. The van der Waals surface area contributed by atoms with Crippen LogP contribution in [0, 0.1) is 11.8 Å². The molecule has 0 radical (unpaired) electrons. The molecule has 4 aliphatic rings. The van der Waals surface area contributed by atoms with E-state index in [9.17, 15) is 4.79 Å². The molecular weight excluding hydrogens is 748 g/mol. The summed E-state index contributed by atoms with van der Waals surface area (Å²) in [7, 11) is 0. The predicted molar refractivity (Wildman–Crippen MR) is 214 cm³/mol. The first-order valence-corrected chi connectivity index (χ1v) is 21.7. The quantitative estimate of drug-likeness (QED) is 0.0589. The highest BCUT2D eigenvalue weighted by Gasteiger charge is 2.50. The van der Waals surface area contributed by atoms with Crippen LogP contribution in [-0.2, 0) is 47.4 Å². The number of hydrazine groups is 1. The molecule has 0 aromatic heterocycles. The molecule has 0 aromatic carbocycles. The highest BCUT2D eigenvalue weighted by molar-refractivity contribution is 6.20. The third-order valence-electron chi connectivity index (χ3n) is 10.7. The molecule has 0 bridgehead atoms. The van der Waals surface area contributed by atoms with Crippen molar-refractivity contribution in [1.29, 1.82) is 0 Å². The maximum Gasteiger partial charge on any atom is 0.222 e. The minimum atomic E-state index is -0.159. The molecule has 4 rings (SSSR count). The molecule has 326 valence electrons. The van der Waals surface area contributed by atoms with Crippen molar-refractivity contribution in [3.63, 3.8) is 0 Å². The van der Waals surface area contributed by atoms with E-state index in [4.69, 9.17) is 65.0 Å². The molecule has 5 N–H and O–H groups in total. The largest absolute Gasteiger partial charge is 0.378 e. The lowest BCUT2D eigenvalue weighted by atomic mass is 9.72. The number of carbonyl (C=O) groups excluding carboxylic acids is 1. The Balaban J connectivity index is 1.01. The minimum Gasteiger partial charge on any atom is -0.378 e. The number of amides is 1. The number of carbonyl (C=O) groups is 1. The molecule has 5 unspecified atom stereocenters. The van der Waals surface area contributed by atoms with E-state index in [1.54, 1.807) is 0 Å². The molecule has 56 heavy (non-hydrogen) atoms. The number of alkyl halides is 1. The van der Waals surface area contributed by atoms with Gasteiger partial charge in [0.2, 0.25) is 5.91 Å². The van der Waals surface area contributed by atoms with Crippen LogP contribution in [-0.4, -0.2) is 178 Å². The van der Waals surface area contributed by atoms with Gasteiger partial charge in [-0.3, -0.25) is 14.7 Å². The number of nitrogens with one attached hydrogen (secondary N) is 3. The number of ether oxygens (including phenoxy) is 9. The van der Waals surface area contributed by atoms with E-state index in [0.29, 0.717) is 144 Å². The van der Waals surface area contributed by atoms with Crippen LogP contribution in [0.25, 0.3) is 0 Å². The molecule has 1 amide bonds. The number of nitrogens with zero attached hydrogens (tertiary/aromatic N) is 2. The first kappa shape index (κ1) is 47.6. The van der Waals surface area contributed by atoms with Gasteiger partial charge in [-0.15, -0.1) is 11.6 Å². The number of halogens is 1. The van der Waals surface area contributed by atoms with Crippen molar-refractivity contribution in [2.75, 3.05) is 125 Å². The summed E-state index contributed by atoms with van der Waals surface area (Å²) in [4.78, 5) is 20.9. The van der Waals surface area contributed by atoms with Gasteiger partial charge in [0, 0.05) is 36.1 Å². The molecule has 17 heteroatoms. The molecular formula is C39H73ClN6O10. The van der Waals surface area contributed by atoms with Gasteiger partial charge in [0.05, 0.1) is 143 Å². The van der Waals surface area contributed by atoms with Gasteiger partial charge >= 0.3 is 0 Å². The Morgan fingerprint density at radius 3 is 1.73 bits per heavy atom. The molecule has 0 aromatic rings. The topological polar surface area (TPSA) is 178 Å². The maximum absolute atomic E-state index is 12.8. The van der Waals surface area contributed by atoms with E-state index in [2.05, 4.69) is 28.0 Å². The molecule has 0 spiro atoms. The summed E-state index contributed by atoms with van der Waals surface area (Å²) < 4.78 is 50.6. The first-order valence-electron chi connectivity index (χ1n) is 21.2. The van der Waals surface area contributed by atoms with E-state index in [-0.39, 0.29) is 41.7 Å². The van der Waals surface area contributed by atoms with Crippen LogP contribution in [0.15, 0.2) is 4.99 Å². The lowest BCUT2D eigenvalue weighted by Crippen LogP contribution is -2.55. The number of rotatable bonds is 31. The van der Waals surface area contributed by atoms with Gasteiger partial charge in [-0.2, -0.15) is 0 Å². The summed E-state index contributed by atoms with van der Waals surface area (Å²) in [5, 5.41) is 3.24. The Morgan fingerprint density at radius 2 is 1.23 bits per heavy atom. The zero-order valence-corrected chi connectivity index (χ0v) is 34.9. The smallest absolute Gasteiger partial charge is 0.222 e. The van der Waals surface area contributed by atoms with Crippen molar-refractivity contribution in [2.45, 2.75) is 101 Å². The molecule has 2 aliphatic carbocycles. The summed E-state index contributed by atoms with van der Waals surface area (Å²) >= 11 is 6.55. The van der Waals surface area contributed by atoms with Gasteiger partial charge in [-0.1, -0.05) is 0 Å². The van der Waals surface area contributed by atoms with E-state index in [0.717, 1.165) is 44.9 Å². The van der Waals surface area contributed by atoms with Crippen molar-refractivity contribution in [3.8, 4) is 0 Å². The molecule has 16 nitrogen and oxygen atoms in total. The summed E-state index contributed by atoms with van der Waals surface area (Å²) in [6.45, 7) is 14.1. The third kappa shape index (κ3) is 17.6. The number of hydrogen-bond acceptors (Lipinski definition) is 15. The van der Waals surface area contributed by atoms with Gasteiger partial charge in [0.15, 0.2) is 0 Å². The van der Waals surface area contributed by atoms with Crippen LogP contribution in [0.2, 0.25) is 0 Å². The Labute approximate surface area is 340 Å². The molecule has 2 aliphatic heterocycles. The Bertz CT molecular complexity index is 1060. The van der Waals surface area contributed by atoms with E-state index >= 15 is 0 Å². The standard InChI is InChI=1S/C39H73ClN6O10/c1-3-42-37(47)29-35-39-45-44-30(2)46(39)36-9-8-33(28-34(36)38(43-35)31-4-6-32(40)7-5-31)56-27-26-55-25-24-54-23-22-53-21-20-52-19-18-51-17-16-50-15-14-49-13-12-48-11-10-41/h30-36,39,44-45H,3-29,41H2,1-2H3,(H,42,47)/t30?,31?,32?,33?,34?,35-,36?,39?/m0/s1. The van der Waals surface area contributed by atoms with E-state index in [1.807, 2.05) is 6.92 Å². The van der Waals surface area contributed by atoms with Gasteiger partial charge in [0.25, 0.3) is 0 Å². The van der Waals surface area contributed by atoms with Crippen molar-refractivity contribution >= 4 is 23.2 Å². The predicted octanol–water partition coefficient (Wildman–Crippen LogP) is 1.86. The highest BCUT2D eigenvalue weighted by atomic mass is 35.5. The fraction of sp³-hybridized carbons (Fsp3) is 0.949. The van der Waals surface area contributed by atoms with Crippen molar-refractivity contribution in [1.82, 2.24) is 21.1 Å². The van der Waals surface area contributed by atoms with Gasteiger partial charge < -0.3 is 53.7 Å².